The molecule has 2 aliphatic carbocycles. The topological polar surface area (TPSA) is 106 Å². The number of ether oxygens (including phenoxy) is 1. The van der Waals surface area contributed by atoms with Crippen LogP contribution in [0.2, 0.25) is 0 Å². The van der Waals surface area contributed by atoms with Gasteiger partial charge in [-0.15, -0.1) is 0 Å². The number of anilines is 2. The summed E-state index contributed by atoms with van der Waals surface area (Å²) in [6.07, 6.45) is 8.09. The van der Waals surface area contributed by atoms with Gasteiger partial charge in [-0.2, -0.15) is 0 Å². The molecule has 3 aliphatic rings. The Bertz CT molecular complexity index is 1150. The predicted octanol–water partition coefficient (Wildman–Crippen LogP) is 4.22. The van der Waals surface area contributed by atoms with Gasteiger partial charge in [0.05, 0.1) is 28.7 Å². The maximum Gasteiger partial charge on any atom is 0.204 e. The van der Waals surface area contributed by atoms with Crippen LogP contribution in [-0.4, -0.2) is 53.7 Å². The van der Waals surface area contributed by atoms with Crippen LogP contribution in [0.4, 0.5) is 11.5 Å². The standard InChI is InChI=1S/C26H29N5OS.CH3NO/c1-2-13-27-24(4-1)33-26(11-3-12-26)22-18-23(31-14-16-32-17-15-31)30-25(29-22)19-5-7-20(8-6-19)28-21-9-10-21;2-1-3/h1-2,4-8,13,18,21,28H,3,9-12,14-17H2;1H,(H2,2,3). The summed E-state index contributed by atoms with van der Waals surface area (Å²) < 4.78 is 5.55. The average Bonchev–Trinajstić information content (AvgIpc) is 3.72. The van der Waals surface area contributed by atoms with Crippen LogP contribution in [0.5, 0.6) is 0 Å². The molecule has 0 spiro atoms. The fourth-order valence-electron chi connectivity index (χ4n) is 4.45. The average molecular weight is 505 g/mol. The quantitative estimate of drug-likeness (QED) is 0.461. The summed E-state index contributed by atoms with van der Waals surface area (Å²) in [5.74, 6) is 1.81. The lowest BCUT2D eigenvalue weighted by molar-refractivity contribution is -0.106. The highest BCUT2D eigenvalue weighted by Crippen LogP contribution is 2.54. The minimum atomic E-state index is -0.0411. The molecule has 2 aromatic heterocycles. The van der Waals surface area contributed by atoms with Gasteiger partial charge in [-0.25, -0.2) is 15.0 Å². The third kappa shape index (κ3) is 5.79. The smallest absolute Gasteiger partial charge is 0.204 e. The van der Waals surface area contributed by atoms with Crippen molar-refractivity contribution in [3.05, 3.63) is 60.4 Å². The lowest BCUT2D eigenvalue weighted by Crippen LogP contribution is -2.38. The molecule has 1 saturated heterocycles. The van der Waals surface area contributed by atoms with Gasteiger partial charge in [-0.3, -0.25) is 4.79 Å². The molecule has 3 aromatic rings. The van der Waals surface area contributed by atoms with Crippen molar-refractivity contribution < 1.29 is 9.53 Å². The summed E-state index contributed by atoms with van der Waals surface area (Å²) >= 11 is 1.85. The summed E-state index contributed by atoms with van der Waals surface area (Å²) in [6, 6.07) is 17.6. The fourth-order valence-corrected chi connectivity index (χ4v) is 5.81. The van der Waals surface area contributed by atoms with Crippen molar-refractivity contribution >= 4 is 29.7 Å². The second-order valence-electron chi connectivity index (χ2n) is 9.28. The summed E-state index contributed by atoms with van der Waals surface area (Å²) in [5, 5.41) is 4.62. The van der Waals surface area contributed by atoms with Crippen LogP contribution < -0.4 is 16.0 Å². The maximum absolute atomic E-state index is 8.58. The van der Waals surface area contributed by atoms with E-state index in [2.05, 4.69) is 63.4 Å². The largest absolute Gasteiger partial charge is 0.382 e. The minimum Gasteiger partial charge on any atom is -0.382 e. The maximum atomic E-state index is 8.58. The number of aromatic nitrogens is 3. The second kappa shape index (κ2) is 11.3. The minimum absolute atomic E-state index is 0.0411. The first kappa shape index (κ1) is 24.5. The number of hydrogen-bond acceptors (Lipinski definition) is 8. The molecule has 0 bridgehead atoms. The Balaban J connectivity index is 0.000000848. The number of primary amides is 1. The number of hydrogen-bond donors (Lipinski definition) is 2. The summed E-state index contributed by atoms with van der Waals surface area (Å²) in [7, 11) is 0. The third-order valence-electron chi connectivity index (χ3n) is 6.70. The molecule has 1 aromatic carbocycles. The molecule has 188 valence electrons. The summed E-state index contributed by atoms with van der Waals surface area (Å²) in [4.78, 5) is 25.7. The van der Waals surface area contributed by atoms with E-state index < -0.39 is 0 Å². The van der Waals surface area contributed by atoms with Crippen molar-refractivity contribution in [3.8, 4) is 11.4 Å². The van der Waals surface area contributed by atoms with Crippen molar-refractivity contribution in [3.63, 3.8) is 0 Å². The van der Waals surface area contributed by atoms with Crippen molar-refractivity contribution in [1.82, 2.24) is 15.0 Å². The molecule has 1 aliphatic heterocycles. The van der Waals surface area contributed by atoms with Gasteiger partial charge in [-0.05, 0) is 68.5 Å². The van der Waals surface area contributed by atoms with Crippen molar-refractivity contribution in [2.75, 3.05) is 36.5 Å². The van der Waals surface area contributed by atoms with Gasteiger partial charge in [0.1, 0.15) is 5.82 Å². The second-order valence-corrected chi connectivity index (χ2v) is 10.7. The Labute approximate surface area is 216 Å². The van der Waals surface area contributed by atoms with Gasteiger partial charge >= 0.3 is 0 Å². The lowest BCUT2D eigenvalue weighted by Gasteiger charge is -2.41. The molecular weight excluding hydrogens is 472 g/mol. The fraction of sp³-hybridized carbons (Fsp3) is 0.407. The highest BCUT2D eigenvalue weighted by Gasteiger charge is 2.42. The van der Waals surface area contributed by atoms with E-state index in [0.717, 1.165) is 67.1 Å². The molecule has 2 saturated carbocycles. The van der Waals surface area contributed by atoms with Crippen LogP contribution in [0.1, 0.15) is 37.8 Å². The van der Waals surface area contributed by atoms with Crippen LogP contribution in [0, 0.1) is 0 Å². The molecular formula is C27H32N6O2S. The van der Waals surface area contributed by atoms with E-state index in [4.69, 9.17) is 19.5 Å². The number of pyridine rings is 1. The van der Waals surface area contributed by atoms with Crippen molar-refractivity contribution in [2.45, 2.75) is 47.9 Å². The van der Waals surface area contributed by atoms with Crippen LogP contribution in [0.25, 0.3) is 11.4 Å². The zero-order valence-electron chi connectivity index (χ0n) is 20.3. The number of carbonyl (C=O) groups is 1. The number of nitrogens with one attached hydrogen (secondary N) is 1. The van der Waals surface area contributed by atoms with Gasteiger partial charge in [0.15, 0.2) is 5.82 Å². The Hall–Kier alpha value is -3.17. The summed E-state index contributed by atoms with van der Waals surface area (Å²) in [6.45, 7) is 3.20. The van der Waals surface area contributed by atoms with Crippen LogP contribution in [-0.2, 0) is 14.3 Å². The number of rotatable bonds is 7. The molecule has 1 amide bonds. The summed E-state index contributed by atoms with van der Waals surface area (Å²) in [5.41, 5.74) is 7.52. The number of nitrogens with two attached hydrogens (primary N) is 1. The normalized spacial score (nSPS) is 18.4. The third-order valence-corrected chi connectivity index (χ3v) is 8.16. The van der Waals surface area contributed by atoms with Gasteiger partial charge in [0, 0.05) is 42.6 Å². The van der Waals surface area contributed by atoms with Crippen LogP contribution in [0.3, 0.4) is 0 Å². The molecule has 0 atom stereocenters. The first-order valence-corrected chi connectivity index (χ1v) is 13.4. The zero-order chi connectivity index (χ0) is 24.8. The Morgan fingerprint density at radius 3 is 2.44 bits per heavy atom. The highest BCUT2D eigenvalue weighted by atomic mass is 32.2. The van der Waals surface area contributed by atoms with E-state index in [9.17, 15) is 0 Å². The Morgan fingerprint density at radius 1 is 1.08 bits per heavy atom. The number of morpholine rings is 1. The number of nitrogens with zero attached hydrogens (tertiary/aromatic N) is 4. The van der Waals surface area contributed by atoms with Crippen molar-refractivity contribution in [1.29, 1.82) is 0 Å². The molecule has 3 N–H and O–H groups in total. The number of carbonyl (C=O) groups excluding carboxylic acids is 1. The molecule has 3 fully saturated rings. The number of benzene rings is 1. The highest BCUT2D eigenvalue weighted by molar-refractivity contribution is 8.00. The Morgan fingerprint density at radius 2 is 1.83 bits per heavy atom. The molecule has 8 nitrogen and oxygen atoms in total. The van der Waals surface area contributed by atoms with Crippen LogP contribution >= 0.6 is 11.8 Å². The molecule has 36 heavy (non-hydrogen) atoms. The van der Waals surface area contributed by atoms with E-state index in [0.29, 0.717) is 6.04 Å². The predicted molar refractivity (Wildman–Crippen MR) is 143 cm³/mol. The van der Waals surface area contributed by atoms with E-state index in [-0.39, 0.29) is 11.2 Å². The zero-order valence-corrected chi connectivity index (χ0v) is 21.1. The lowest BCUT2D eigenvalue weighted by atomic mass is 9.81. The van der Waals surface area contributed by atoms with Gasteiger partial charge in [0.25, 0.3) is 0 Å². The number of amides is 1. The molecule has 6 rings (SSSR count). The molecule has 0 unspecified atom stereocenters. The van der Waals surface area contributed by atoms with Crippen molar-refractivity contribution in [2.24, 2.45) is 5.73 Å². The van der Waals surface area contributed by atoms with E-state index in [1.165, 1.54) is 24.9 Å². The first-order valence-electron chi connectivity index (χ1n) is 12.5. The Kier molecular flexibility index (Phi) is 7.67. The van der Waals surface area contributed by atoms with E-state index in [1.54, 1.807) is 0 Å². The van der Waals surface area contributed by atoms with Gasteiger partial charge in [0.2, 0.25) is 6.41 Å². The SMILES string of the molecule is NC=O.c1ccc(SC2(c3cc(N4CCOCC4)nc(-c4ccc(NC5CC5)cc4)n3)CCC2)nc1. The first-order chi connectivity index (χ1) is 17.7. The van der Waals surface area contributed by atoms with Crippen LogP contribution in [0.15, 0.2) is 59.8 Å². The monoisotopic (exact) mass is 504 g/mol. The molecule has 9 heteroatoms. The van der Waals surface area contributed by atoms with E-state index in [1.807, 2.05) is 24.0 Å². The van der Waals surface area contributed by atoms with Gasteiger partial charge < -0.3 is 20.7 Å². The molecule has 3 heterocycles. The van der Waals surface area contributed by atoms with E-state index >= 15 is 0 Å². The molecule has 0 radical (unpaired) electrons. The van der Waals surface area contributed by atoms with Gasteiger partial charge in [-0.1, -0.05) is 17.8 Å². The number of thioether (sulfide) groups is 1.